The Kier molecular flexibility index (Phi) is 11.0. The van der Waals surface area contributed by atoms with E-state index in [1.807, 2.05) is 0 Å². The third-order valence-electron chi connectivity index (χ3n) is 3.90. The molecule has 1 saturated heterocycles. The predicted octanol–water partition coefficient (Wildman–Crippen LogP) is 2.72. The van der Waals surface area contributed by atoms with Gasteiger partial charge in [0.15, 0.2) is 5.96 Å². The van der Waals surface area contributed by atoms with E-state index in [0.29, 0.717) is 5.92 Å². The number of benzene rings is 1. The summed E-state index contributed by atoms with van der Waals surface area (Å²) in [6, 6.07) is 8.48. The van der Waals surface area contributed by atoms with Crippen LogP contribution in [0.25, 0.3) is 0 Å². The highest BCUT2D eigenvalue weighted by atomic mass is 127. The van der Waals surface area contributed by atoms with E-state index in [4.69, 9.17) is 9.47 Å². The van der Waals surface area contributed by atoms with Crippen LogP contribution < -0.4 is 10.6 Å². The zero-order valence-electron chi connectivity index (χ0n) is 14.7. The van der Waals surface area contributed by atoms with Gasteiger partial charge >= 0.3 is 0 Å². The molecular formula is C18H30IN3O2. The summed E-state index contributed by atoms with van der Waals surface area (Å²) >= 11 is 0. The number of aliphatic imine (C=N–C) groups is 1. The monoisotopic (exact) mass is 447 g/mol. The van der Waals surface area contributed by atoms with E-state index >= 15 is 0 Å². The maximum atomic E-state index is 5.70. The van der Waals surface area contributed by atoms with Crippen molar-refractivity contribution >= 4 is 29.9 Å². The standard InChI is InChI=1S/C18H29N3O2.HI/c1-15-5-3-6-16(11-15)12-21-18(19-2)20-8-4-9-22-13-17-7-10-23-14-17;/h3,5-6,11,17H,4,7-10,12-14H2,1-2H3,(H2,19,20,21);1H. The molecule has 5 nitrogen and oxygen atoms in total. The van der Waals surface area contributed by atoms with E-state index in [-0.39, 0.29) is 24.0 Å². The van der Waals surface area contributed by atoms with Crippen molar-refractivity contribution in [1.82, 2.24) is 10.6 Å². The summed E-state index contributed by atoms with van der Waals surface area (Å²) in [4.78, 5) is 4.24. The number of ether oxygens (including phenoxy) is 2. The van der Waals surface area contributed by atoms with Crippen LogP contribution in [-0.2, 0) is 16.0 Å². The number of aryl methyl sites for hydroxylation is 1. The molecule has 0 amide bonds. The van der Waals surface area contributed by atoms with Gasteiger partial charge in [0.05, 0.1) is 13.2 Å². The van der Waals surface area contributed by atoms with Gasteiger partial charge in [0, 0.05) is 39.3 Å². The summed E-state index contributed by atoms with van der Waals surface area (Å²) in [7, 11) is 1.79. The minimum absolute atomic E-state index is 0. The van der Waals surface area contributed by atoms with E-state index < -0.39 is 0 Å². The number of hydrogen-bond donors (Lipinski definition) is 2. The number of nitrogens with zero attached hydrogens (tertiary/aromatic N) is 1. The van der Waals surface area contributed by atoms with Gasteiger partial charge in [-0.2, -0.15) is 0 Å². The minimum Gasteiger partial charge on any atom is -0.381 e. The highest BCUT2D eigenvalue weighted by Crippen LogP contribution is 2.12. The lowest BCUT2D eigenvalue weighted by atomic mass is 10.1. The van der Waals surface area contributed by atoms with Crippen LogP contribution >= 0.6 is 24.0 Å². The molecular weight excluding hydrogens is 417 g/mol. The number of hydrogen-bond acceptors (Lipinski definition) is 3. The Morgan fingerprint density at radius 2 is 2.25 bits per heavy atom. The average Bonchev–Trinajstić information content (AvgIpc) is 3.07. The SMILES string of the molecule is CN=C(NCCCOCC1CCOC1)NCc1cccc(C)c1.I. The summed E-state index contributed by atoms with van der Waals surface area (Å²) in [6.07, 6.45) is 2.10. The maximum absolute atomic E-state index is 5.70. The molecule has 24 heavy (non-hydrogen) atoms. The number of nitrogens with one attached hydrogen (secondary N) is 2. The van der Waals surface area contributed by atoms with Crippen LogP contribution in [0, 0.1) is 12.8 Å². The molecule has 0 bridgehead atoms. The fraction of sp³-hybridized carbons (Fsp3) is 0.611. The van der Waals surface area contributed by atoms with Gasteiger partial charge < -0.3 is 20.1 Å². The zero-order chi connectivity index (χ0) is 16.3. The topological polar surface area (TPSA) is 54.9 Å². The molecule has 1 atom stereocenters. The van der Waals surface area contributed by atoms with Crippen LogP contribution in [0.15, 0.2) is 29.3 Å². The summed E-state index contributed by atoms with van der Waals surface area (Å²) < 4.78 is 11.0. The first-order valence-corrected chi connectivity index (χ1v) is 8.43. The van der Waals surface area contributed by atoms with Crippen molar-refractivity contribution < 1.29 is 9.47 Å². The van der Waals surface area contributed by atoms with E-state index in [9.17, 15) is 0 Å². The Bertz CT molecular complexity index is 491. The van der Waals surface area contributed by atoms with E-state index in [1.165, 1.54) is 11.1 Å². The van der Waals surface area contributed by atoms with Gasteiger partial charge in [0.1, 0.15) is 0 Å². The van der Waals surface area contributed by atoms with Gasteiger partial charge in [-0.05, 0) is 25.3 Å². The third kappa shape index (κ3) is 8.30. The first-order chi connectivity index (χ1) is 11.3. The van der Waals surface area contributed by atoms with Crippen molar-refractivity contribution in [3.05, 3.63) is 35.4 Å². The highest BCUT2D eigenvalue weighted by Gasteiger charge is 2.15. The van der Waals surface area contributed by atoms with Gasteiger partial charge in [-0.25, -0.2) is 0 Å². The number of guanidine groups is 1. The van der Waals surface area contributed by atoms with E-state index in [2.05, 4.69) is 46.8 Å². The zero-order valence-corrected chi connectivity index (χ0v) is 17.0. The van der Waals surface area contributed by atoms with Crippen LogP contribution in [0.5, 0.6) is 0 Å². The first kappa shape index (κ1) is 21.2. The molecule has 1 fully saturated rings. The van der Waals surface area contributed by atoms with Crippen LogP contribution in [-0.4, -0.2) is 46.0 Å². The maximum Gasteiger partial charge on any atom is 0.191 e. The molecule has 136 valence electrons. The highest BCUT2D eigenvalue weighted by molar-refractivity contribution is 14.0. The summed E-state index contributed by atoms with van der Waals surface area (Å²) in [5.74, 6) is 1.42. The second kappa shape index (κ2) is 12.5. The predicted molar refractivity (Wildman–Crippen MR) is 109 cm³/mol. The quantitative estimate of drug-likeness (QED) is 0.279. The van der Waals surface area contributed by atoms with Crippen LogP contribution in [0.2, 0.25) is 0 Å². The molecule has 6 heteroatoms. The van der Waals surface area contributed by atoms with Crippen LogP contribution in [0.4, 0.5) is 0 Å². The summed E-state index contributed by atoms with van der Waals surface area (Å²) in [5, 5.41) is 6.65. The molecule has 2 N–H and O–H groups in total. The molecule has 1 aromatic rings. The molecule has 0 spiro atoms. The first-order valence-electron chi connectivity index (χ1n) is 8.43. The Morgan fingerprint density at radius 1 is 1.38 bits per heavy atom. The second-order valence-corrected chi connectivity index (χ2v) is 6.00. The van der Waals surface area contributed by atoms with E-state index in [0.717, 1.165) is 58.3 Å². The van der Waals surface area contributed by atoms with Gasteiger partial charge in [0.25, 0.3) is 0 Å². The fourth-order valence-corrected chi connectivity index (χ4v) is 2.57. The van der Waals surface area contributed by atoms with Crippen molar-refractivity contribution in [3.8, 4) is 0 Å². The molecule has 1 aromatic carbocycles. The van der Waals surface area contributed by atoms with Gasteiger partial charge in [0.2, 0.25) is 0 Å². The van der Waals surface area contributed by atoms with Gasteiger partial charge in [-0.15, -0.1) is 24.0 Å². The number of rotatable bonds is 8. The molecule has 0 aromatic heterocycles. The Hall–Kier alpha value is -0.860. The normalized spacial score (nSPS) is 17.4. The van der Waals surface area contributed by atoms with Crippen molar-refractivity contribution in [2.24, 2.45) is 10.9 Å². The van der Waals surface area contributed by atoms with Crippen molar-refractivity contribution in [2.45, 2.75) is 26.3 Å². The summed E-state index contributed by atoms with van der Waals surface area (Å²) in [5.41, 5.74) is 2.53. The lowest BCUT2D eigenvalue weighted by molar-refractivity contribution is 0.0888. The molecule has 0 aliphatic carbocycles. The van der Waals surface area contributed by atoms with E-state index in [1.54, 1.807) is 7.05 Å². The summed E-state index contributed by atoms with van der Waals surface area (Å²) in [6.45, 7) is 7.08. The molecule has 1 heterocycles. The van der Waals surface area contributed by atoms with Crippen LogP contribution in [0.3, 0.4) is 0 Å². The Morgan fingerprint density at radius 3 is 2.96 bits per heavy atom. The lowest BCUT2D eigenvalue weighted by Gasteiger charge is -2.13. The van der Waals surface area contributed by atoms with Gasteiger partial charge in [-0.1, -0.05) is 29.8 Å². The largest absolute Gasteiger partial charge is 0.381 e. The molecule has 0 saturated carbocycles. The molecule has 1 aliphatic rings. The second-order valence-electron chi connectivity index (χ2n) is 6.00. The smallest absolute Gasteiger partial charge is 0.191 e. The Balaban J connectivity index is 0.00000288. The van der Waals surface area contributed by atoms with Crippen molar-refractivity contribution in [1.29, 1.82) is 0 Å². The average molecular weight is 447 g/mol. The number of halogens is 1. The van der Waals surface area contributed by atoms with Crippen molar-refractivity contribution in [2.75, 3.05) is 40.0 Å². The fourth-order valence-electron chi connectivity index (χ4n) is 2.57. The Labute approximate surface area is 162 Å². The van der Waals surface area contributed by atoms with Crippen molar-refractivity contribution in [3.63, 3.8) is 0 Å². The molecule has 0 radical (unpaired) electrons. The minimum atomic E-state index is 0. The third-order valence-corrected chi connectivity index (χ3v) is 3.90. The van der Waals surface area contributed by atoms with Gasteiger partial charge in [-0.3, -0.25) is 4.99 Å². The van der Waals surface area contributed by atoms with Crippen LogP contribution in [0.1, 0.15) is 24.0 Å². The molecule has 2 rings (SSSR count). The molecule has 1 unspecified atom stereocenters. The molecule has 1 aliphatic heterocycles. The lowest BCUT2D eigenvalue weighted by Crippen LogP contribution is -2.37.